The zero-order valence-electron chi connectivity index (χ0n) is 20.4. The van der Waals surface area contributed by atoms with Crippen molar-refractivity contribution in [2.24, 2.45) is 0 Å². The van der Waals surface area contributed by atoms with Crippen LogP contribution >= 0.6 is 17.0 Å². The number of nitrogens with one attached hydrogen (secondary N) is 1. The van der Waals surface area contributed by atoms with Crippen LogP contribution in [0.3, 0.4) is 0 Å². The first-order valence-electron chi connectivity index (χ1n) is 12.6. The second kappa shape index (κ2) is 10.4. The van der Waals surface area contributed by atoms with E-state index >= 15 is 0 Å². The summed E-state index contributed by atoms with van der Waals surface area (Å²) in [6.07, 6.45) is 2.96. The van der Waals surface area contributed by atoms with E-state index in [1.807, 2.05) is 36.4 Å². The van der Waals surface area contributed by atoms with E-state index in [1.165, 1.54) is 22.3 Å². The Morgan fingerprint density at radius 2 is 1.39 bits per heavy atom. The van der Waals surface area contributed by atoms with E-state index in [4.69, 9.17) is 17.0 Å². The number of amides is 1. The summed E-state index contributed by atoms with van der Waals surface area (Å²) >= 11 is -5.31. The number of hydrogen-bond acceptors (Lipinski definition) is 1. The van der Waals surface area contributed by atoms with Gasteiger partial charge in [-0.1, -0.05) is 0 Å². The molecule has 5 rings (SSSR count). The van der Waals surface area contributed by atoms with Gasteiger partial charge in [0, 0.05) is 0 Å². The van der Waals surface area contributed by atoms with Gasteiger partial charge in [-0.25, -0.2) is 0 Å². The molecule has 1 aliphatic carbocycles. The van der Waals surface area contributed by atoms with E-state index in [-0.39, 0.29) is 5.91 Å². The third kappa shape index (κ3) is 4.70. The molecular weight excluding hydrogens is 581 g/mol. The Morgan fingerprint density at radius 1 is 0.806 bits per heavy atom. The molecule has 0 radical (unpaired) electrons. The molecule has 4 aromatic carbocycles. The summed E-state index contributed by atoms with van der Waals surface area (Å²) < 4.78 is 4.43. The quantitative estimate of drug-likeness (QED) is 0.227. The number of hydrogen-bond donors (Lipinski definition) is 1. The monoisotopic (exact) mass is 608 g/mol. The van der Waals surface area contributed by atoms with Gasteiger partial charge in [0.2, 0.25) is 0 Å². The summed E-state index contributed by atoms with van der Waals surface area (Å²) in [7, 11) is 16.1. The number of fused-ring (bicyclic) bond motifs is 3. The van der Waals surface area contributed by atoms with Crippen molar-refractivity contribution in [3.63, 3.8) is 0 Å². The normalized spacial score (nSPS) is 13.5. The fourth-order valence-electron chi connectivity index (χ4n) is 5.61. The third-order valence-electron chi connectivity index (χ3n) is 7.24. The standard InChI is InChI=1S/C13H9.C12H11Si.C5H11NO.2ClH.Zr/c1-3-7-12-10(5-1)9-11-6-2-4-8-13(11)12;1-3-7-11(8-4-1)13-12-9-5-2-6-10-12;1-2-3-4-5(6)7;;;/h1-5,7-8H,9H2;1-10,13H;2-4H2,1H3,(H2,6,7);2*1H;/q;;;;;+3/p-3. The van der Waals surface area contributed by atoms with Crippen LogP contribution in [0.25, 0.3) is 11.1 Å². The van der Waals surface area contributed by atoms with Gasteiger partial charge in [-0.3, -0.25) is 0 Å². The molecule has 4 aromatic rings. The van der Waals surface area contributed by atoms with Crippen molar-refractivity contribution in [1.82, 2.24) is 3.26 Å². The molecule has 1 N–H and O–H groups in total. The van der Waals surface area contributed by atoms with E-state index in [0.717, 1.165) is 32.9 Å². The number of benzene rings is 4. The number of halogens is 2. The molecule has 0 spiro atoms. The first kappa shape index (κ1) is 25.7. The van der Waals surface area contributed by atoms with Crippen molar-refractivity contribution < 1.29 is 20.6 Å². The number of rotatable bonds is 8. The summed E-state index contributed by atoms with van der Waals surface area (Å²) in [4.78, 5) is 13.5. The predicted octanol–water partition coefficient (Wildman–Crippen LogP) is 5.64. The van der Waals surface area contributed by atoms with Gasteiger partial charge >= 0.3 is 224 Å². The van der Waals surface area contributed by atoms with Crippen LogP contribution < -0.4 is 16.9 Å². The van der Waals surface area contributed by atoms with E-state index in [2.05, 4.69) is 76.9 Å². The molecule has 0 aromatic heterocycles. The van der Waals surface area contributed by atoms with Crippen molar-refractivity contribution in [2.45, 2.75) is 32.6 Å². The molecule has 0 atom stereocenters. The topological polar surface area (TPSA) is 29.1 Å². The maximum atomic E-state index is 13.5. The molecule has 36 heavy (non-hydrogen) atoms. The van der Waals surface area contributed by atoms with Crippen molar-refractivity contribution in [3.05, 3.63) is 114 Å². The fourth-order valence-corrected chi connectivity index (χ4v) is 43.3. The van der Waals surface area contributed by atoms with Crippen LogP contribution in [-0.4, -0.2) is 11.8 Å². The molecule has 183 valence electrons. The van der Waals surface area contributed by atoms with Crippen molar-refractivity contribution in [2.75, 3.05) is 0 Å². The summed E-state index contributed by atoms with van der Waals surface area (Å²) in [5.74, 6) is -2.37. The summed E-state index contributed by atoms with van der Waals surface area (Å²) in [5, 5.41) is 2.31. The Kier molecular flexibility index (Phi) is 7.43. The van der Waals surface area contributed by atoms with Gasteiger partial charge in [0.25, 0.3) is 0 Å². The van der Waals surface area contributed by atoms with Crippen LogP contribution in [0.15, 0.2) is 103 Å². The van der Waals surface area contributed by atoms with Crippen LogP contribution in [-0.2, 0) is 27.1 Å². The molecule has 1 amide bonds. The van der Waals surface area contributed by atoms with E-state index < -0.39 is 21.8 Å². The van der Waals surface area contributed by atoms with Crippen LogP contribution in [0.4, 0.5) is 0 Å². The summed E-state index contributed by atoms with van der Waals surface area (Å²) in [5.41, 5.74) is 4.87. The van der Waals surface area contributed by atoms with E-state index in [1.54, 1.807) is 0 Å². The van der Waals surface area contributed by atoms with Crippen molar-refractivity contribution in [1.29, 1.82) is 0 Å². The fraction of sp³-hybridized carbons (Fsp3) is 0.167. The Bertz CT molecular complexity index is 1360. The summed E-state index contributed by atoms with van der Waals surface area (Å²) in [6, 6.07) is 35.6. The van der Waals surface area contributed by atoms with Gasteiger partial charge in [0.15, 0.2) is 0 Å². The molecule has 1 aliphatic rings. The van der Waals surface area contributed by atoms with Gasteiger partial charge in [-0.2, -0.15) is 0 Å². The molecule has 0 saturated carbocycles. The first-order valence-corrected chi connectivity index (χ1v) is 27.4. The zero-order valence-corrected chi connectivity index (χ0v) is 25.5. The predicted molar refractivity (Wildman–Crippen MR) is 153 cm³/mol. The van der Waals surface area contributed by atoms with Gasteiger partial charge in [0.1, 0.15) is 0 Å². The first-order chi connectivity index (χ1) is 17.4. The van der Waals surface area contributed by atoms with Gasteiger partial charge < -0.3 is 0 Å². The van der Waals surface area contributed by atoms with Crippen LogP contribution in [0.2, 0.25) is 0 Å². The van der Waals surface area contributed by atoms with Gasteiger partial charge in [-0.05, 0) is 0 Å². The van der Waals surface area contributed by atoms with Crippen LogP contribution in [0.5, 0.6) is 0 Å². The third-order valence-corrected chi connectivity index (χ3v) is 42.1. The number of unbranched alkanes of at least 4 members (excludes halogenated alkanes) is 1. The minimum atomic E-state index is -5.31. The molecule has 0 bridgehead atoms. The average molecular weight is 611 g/mol. The molecule has 6 heteroatoms. The second-order valence-electron chi connectivity index (χ2n) is 9.65. The Morgan fingerprint density at radius 3 is 2.03 bits per heavy atom. The Balaban J connectivity index is 1.77. The van der Waals surface area contributed by atoms with Gasteiger partial charge in [0.05, 0.1) is 0 Å². The second-order valence-corrected chi connectivity index (χ2v) is 45.0. The minimum absolute atomic E-state index is 0.0371. The molecule has 0 saturated heterocycles. The van der Waals surface area contributed by atoms with Crippen molar-refractivity contribution >= 4 is 42.5 Å². The van der Waals surface area contributed by atoms with Crippen molar-refractivity contribution in [3.8, 4) is 11.1 Å². The molecular formula is C30H30Cl2NOSiZr. The van der Waals surface area contributed by atoms with E-state index in [0.29, 0.717) is 6.42 Å². The number of carbonyl (C=O) groups is 1. The zero-order chi connectivity index (χ0) is 25.2. The van der Waals surface area contributed by atoms with Crippen LogP contribution in [0, 0.1) is 0 Å². The Labute approximate surface area is 222 Å². The molecule has 0 unspecified atom stereocenters. The van der Waals surface area contributed by atoms with Crippen LogP contribution in [0.1, 0.15) is 37.3 Å². The van der Waals surface area contributed by atoms with E-state index in [9.17, 15) is 4.79 Å². The average Bonchev–Trinajstić information content (AvgIpc) is 3.27. The SMILES string of the molecule is CCCCC(=O)[NH][Zr]([Cl])([Cl])([c]1cccc2c1Cc1ccccc1-2)[SiH](c1ccccc1)c1ccccc1. The number of carbonyl (C=O) groups excluding carboxylic acids is 1. The molecule has 2 nitrogen and oxygen atoms in total. The molecule has 0 fully saturated rings. The molecule has 0 aliphatic heterocycles. The molecule has 0 heterocycles. The maximum absolute atomic E-state index is 13.5. The summed E-state index contributed by atoms with van der Waals surface area (Å²) in [6.45, 7) is 2.09. The Hall–Kier alpha value is -1.97. The van der Waals surface area contributed by atoms with Gasteiger partial charge in [-0.15, -0.1) is 0 Å².